The molecule has 4 nitrogen and oxygen atoms in total. The predicted octanol–water partition coefficient (Wildman–Crippen LogP) is 1.55. The van der Waals surface area contributed by atoms with Crippen molar-refractivity contribution in [2.75, 3.05) is 33.3 Å². The van der Waals surface area contributed by atoms with Crippen LogP contribution in [0.5, 0.6) is 5.75 Å². The predicted molar refractivity (Wildman–Crippen MR) is 78.1 cm³/mol. The van der Waals surface area contributed by atoms with Crippen molar-refractivity contribution in [2.45, 2.75) is 25.2 Å². The van der Waals surface area contributed by atoms with Gasteiger partial charge in [0.25, 0.3) is 0 Å². The van der Waals surface area contributed by atoms with Crippen molar-refractivity contribution in [1.82, 2.24) is 10.2 Å². The maximum absolute atomic E-state index is 12.4. The van der Waals surface area contributed by atoms with E-state index in [2.05, 4.69) is 17.4 Å². The average Bonchev–Trinajstić information content (AvgIpc) is 2.90. The normalized spacial score (nSPS) is 21.6. The highest BCUT2D eigenvalue weighted by molar-refractivity contribution is 5.77. The van der Waals surface area contributed by atoms with E-state index < -0.39 is 0 Å². The Hall–Kier alpha value is -1.55. The van der Waals surface area contributed by atoms with Gasteiger partial charge in [-0.2, -0.15) is 0 Å². The number of methoxy groups -OCH3 is 1. The van der Waals surface area contributed by atoms with Crippen LogP contribution in [0.15, 0.2) is 18.2 Å². The van der Waals surface area contributed by atoms with E-state index in [1.807, 2.05) is 11.0 Å². The van der Waals surface area contributed by atoms with Gasteiger partial charge in [0.1, 0.15) is 5.75 Å². The van der Waals surface area contributed by atoms with Gasteiger partial charge in [-0.1, -0.05) is 6.07 Å². The van der Waals surface area contributed by atoms with Crippen molar-refractivity contribution < 1.29 is 9.53 Å². The standard InChI is InChI=1S/C16H22N2O2/c1-20-14-4-5-15-12(10-14)2-3-13(15)11-16(19)18-8-6-17-7-9-18/h4-5,10,13,17H,2-3,6-9,11H2,1H3. The van der Waals surface area contributed by atoms with Crippen molar-refractivity contribution in [2.24, 2.45) is 0 Å². The molecule has 2 aliphatic rings. The molecule has 108 valence electrons. The molecule has 0 saturated carbocycles. The lowest BCUT2D eigenvalue weighted by Gasteiger charge is -2.28. The highest BCUT2D eigenvalue weighted by Crippen LogP contribution is 2.37. The summed E-state index contributed by atoms with van der Waals surface area (Å²) in [5.41, 5.74) is 2.69. The number of fused-ring (bicyclic) bond motifs is 1. The van der Waals surface area contributed by atoms with Gasteiger partial charge in [0.05, 0.1) is 7.11 Å². The quantitative estimate of drug-likeness (QED) is 0.909. The summed E-state index contributed by atoms with van der Waals surface area (Å²) in [6, 6.07) is 6.26. The van der Waals surface area contributed by atoms with Gasteiger partial charge in [0.15, 0.2) is 0 Å². The molecule has 0 spiro atoms. The van der Waals surface area contributed by atoms with Crippen LogP contribution in [0.4, 0.5) is 0 Å². The number of amides is 1. The van der Waals surface area contributed by atoms with E-state index >= 15 is 0 Å². The summed E-state index contributed by atoms with van der Waals surface area (Å²) in [6.45, 7) is 3.54. The van der Waals surface area contributed by atoms with E-state index in [0.29, 0.717) is 18.2 Å². The Morgan fingerprint density at radius 3 is 2.95 bits per heavy atom. The van der Waals surface area contributed by atoms with Gasteiger partial charge >= 0.3 is 0 Å². The first-order valence-electron chi connectivity index (χ1n) is 7.43. The fraction of sp³-hybridized carbons (Fsp3) is 0.562. The van der Waals surface area contributed by atoms with Gasteiger partial charge in [-0.25, -0.2) is 0 Å². The third-order valence-electron chi connectivity index (χ3n) is 4.44. The highest BCUT2D eigenvalue weighted by atomic mass is 16.5. The van der Waals surface area contributed by atoms with Gasteiger partial charge < -0.3 is 15.0 Å². The van der Waals surface area contributed by atoms with Crippen molar-refractivity contribution in [1.29, 1.82) is 0 Å². The van der Waals surface area contributed by atoms with Crippen LogP contribution in [0.1, 0.15) is 29.9 Å². The summed E-state index contributed by atoms with van der Waals surface area (Å²) in [4.78, 5) is 14.4. The lowest BCUT2D eigenvalue weighted by atomic mass is 9.97. The zero-order valence-electron chi connectivity index (χ0n) is 12.0. The number of nitrogens with zero attached hydrogens (tertiary/aromatic N) is 1. The van der Waals surface area contributed by atoms with Crippen molar-refractivity contribution in [3.63, 3.8) is 0 Å². The third kappa shape index (κ3) is 2.66. The Morgan fingerprint density at radius 1 is 1.40 bits per heavy atom. The van der Waals surface area contributed by atoms with Gasteiger partial charge in [-0.15, -0.1) is 0 Å². The van der Waals surface area contributed by atoms with E-state index in [0.717, 1.165) is 44.8 Å². The summed E-state index contributed by atoms with van der Waals surface area (Å²) in [5, 5.41) is 3.28. The van der Waals surface area contributed by atoms with Crippen molar-refractivity contribution in [3.8, 4) is 5.75 Å². The molecular formula is C16H22N2O2. The third-order valence-corrected chi connectivity index (χ3v) is 4.44. The van der Waals surface area contributed by atoms with Crippen molar-refractivity contribution in [3.05, 3.63) is 29.3 Å². The highest BCUT2D eigenvalue weighted by Gasteiger charge is 2.27. The number of ether oxygens (including phenoxy) is 1. The van der Waals surface area contributed by atoms with E-state index in [1.54, 1.807) is 7.11 Å². The van der Waals surface area contributed by atoms with Crippen LogP contribution < -0.4 is 10.1 Å². The van der Waals surface area contributed by atoms with Crippen LogP contribution in [0.3, 0.4) is 0 Å². The second-order valence-corrected chi connectivity index (χ2v) is 5.64. The smallest absolute Gasteiger partial charge is 0.223 e. The number of benzene rings is 1. The minimum absolute atomic E-state index is 0.306. The fourth-order valence-corrected chi connectivity index (χ4v) is 3.28. The second-order valence-electron chi connectivity index (χ2n) is 5.64. The minimum atomic E-state index is 0.306. The Balaban J connectivity index is 1.67. The van der Waals surface area contributed by atoms with Crippen LogP contribution in [0.2, 0.25) is 0 Å². The van der Waals surface area contributed by atoms with Crippen LogP contribution in [0, 0.1) is 0 Å². The van der Waals surface area contributed by atoms with Gasteiger partial charge in [-0.05, 0) is 42.0 Å². The molecule has 4 heteroatoms. The SMILES string of the molecule is COc1ccc2c(c1)CCC2CC(=O)N1CCNCC1. The first-order chi connectivity index (χ1) is 9.78. The largest absolute Gasteiger partial charge is 0.497 e. The molecule has 1 aromatic rings. The molecule has 1 saturated heterocycles. The zero-order chi connectivity index (χ0) is 13.9. The first-order valence-corrected chi connectivity index (χ1v) is 7.43. The molecule has 1 aromatic carbocycles. The number of hydrogen-bond donors (Lipinski definition) is 1. The summed E-state index contributed by atoms with van der Waals surface area (Å²) in [6.07, 6.45) is 2.80. The number of carbonyl (C=O) groups is 1. The van der Waals surface area contributed by atoms with E-state index in [4.69, 9.17) is 4.74 Å². The molecule has 0 bridgehead atoms. The Morgan fingerprint density at radius 2 is 2.20 bits per heavy atom. The summed E-state index contributed by atoms with van der Waals surface area (Å²) >= 11 is 0. The molecular weight excluding hydrogens is 252 g/mol. The molecule has 1 unspecified atom stereocenters. The molecule has 3 rings (SSSR count). The van der Waals surface area contributed by atoms with E-state index in [-0.39, 0.29) is 0 Å². The lowest BCUT2D eigenvalue weighted by Crippen LogP contribution is -2.46. The maximum atomic E-state index is 12.4. The molecule has 1 atom stereocenters. The van der Waals surface area contributed by atoms with Crippen LogP contribution >= 0.6 is 0 Å². The van der Waals surface area contributed by atoms with Crippen molar-refractivity contribution >= 4 is 5.91 Å². The molecule has 0 aromatic heterocycles. The zero-order valence-corrected chi connectivity index (χ0v) is 12.0. The molecule has 0 radical (unpaired) electrons. The molecule has 1 fully saturated rings. The minimum Gasteiger partial charge on any atom is -0.497 e. The monoisotopic (exact) mass is 274 g/mol. The Kier molecular flexibility index (Phi) is 3.92. The number of hydrogen-bond acceptors (Lipinski definition) is 3. The molecule has 20 heavy (non-hydrogen) atoms. The maximum Gasteiger partial charge on any atom is 0.223 e. The molecule has 1 amide bonds. The van der Waals surface area contributed by atoms with Crippen LogP contribution in [0.25, 0.3) is 0 Å². The van der Waals surface area contributed by atoms with E-state index in [9.17, 15) is 4.79 Å². The molecule has 1 N–H and O–H groups in total. The summed E-state index contributed by atoms with van der Waals surface area (Å²) in [7, 11) is 1.70. The Bertz CT molecular complexity index is 495. The number of nitrogens with one attached hydrogen (secondary N) is 1. The lowest BCUT2D eigenvalue weighted by molar-refractivity contribution is -0.132. The van der Waals surface area contributed by atoms with Crippen LogP contribution in [-0.4, -0.2) is 44.1 Å². The summed E-state index contributed by atoms with van der Waals surface area (Å²) < 4.78 is 5.27. The molecule has 1 aliphatic carbocycles. The first kappa shape index (κ1) is 13.4. The van der Waals surface area contributed by atoms with E-state index in [1.165, 1.54) is 11.1 Å². The van der Waals surface area contributed by atoms with Crippen LogP contribution in [-0.2, 0) is 11.2 Å². The average molecular weight is 274 g/mol. The number of carbonyl (C=O) groups excluding carboxylic acids is 1. The molecule has 1 aliphatic heterocycles. The van der Waals surface area contributed by atoms with Gasteiger partial charge in [-0.3, -0.25) is 4.79 Å². The number of piperazine rings is 1. The van der Waals surface area contributed by atoms with Gasteiger partial charge in [0, 0.05) is 32.6 Å². The topological polar surface area (TPSA) is 41.6 Å². The summed E-state index contributed by atoms with van der Waals surface area (Å²) in [5.74, 6) is 1.61. The number of rotatable bonds is 3. The number of aryl methyl sites for hydroxylation is 1. The Labute approximate surface area is 120 Å². The molecule has 1 heterocycles. The van der Waals surface area contributed by atoms with Gasteiger partial charge in [0.2, 0.25) is 5.91 Å². The second kappa shape index (κ2) is 5.83. The fourth-order valence-electron chi connectivity index (χ4n) is 3.28.